The molecule has 0 saturated heterocycles. The van der Waals surface area contributed by atoms with Gasteiger partial charge < -0.3 is 14.2 Å². The highest BCUT2D eigenvalue weighted by Gasteiger charge is 2.05. The average Bonchev–Trinajstić information content (AvgIpc) is 2.78. The molecule has 0 atom stereocenters. The van der Waals surface area contributed by atoms with Crippen LogP contribution >= 0.6 is 0 Å². The van der Waals surface area contributed by atoms with Gasteiger partial charge in [0.2, 0.25) is 0 Å². The van der Waals surface area contributed by atoms with E-state index in [9.17, 15) is 4.79 Å². The summed E-state index contributed by atoms with van der Waals surface area (Å²) in [5.41, 5.74) is 4.74. The normalized spacial score (nSPS) is 10.6. The fourth-order valence-corrected chi connectivity index (χ4v) is 2.57. The number of carbonyl (C=O) groups is 1. The largest absolute Gasteiger partial charge is 0.497 e. The molecule has 3 aromatic carbocycles. The summed E-state index contributed by atoms with van der Waals surface area (Å²) in [6.45, 7) is 0.432. The SMILES string of the molecule is COc1cc(/C=N\NC(=O)c2ccc(COc3ccccc3)cc2)cc(OC)c1. The highest BCUT2D eigenvalue weighted by molar-refractivity contribution is 5.95. The van der Waals surface area contributed by atoms with Crippen LogP contribution in [-0.4, -0.2) is 26.3 Å². The van der Waals surface area contributed by atoms with Crippen molar-refractivity contribution in [2.75, 3.05) is 14.2 Å². The maximum atomic E-state index is 12.3. The third kappa shape index (κ3) is 5.84. The minimum atomic E-state index is -0.299. The van der Waals surface area contributed by atoms with Gasteiger partial charge in [-0.15, -0.1) is 0 Å². The Balaban J connectivity index is 1.56. The van der Waals surface area contributed by atoms with E-state index in [0.717, 1.165) is 16.9 Å². The first-order valence-electron chi connectivity index (χ1n) is 9.01. The Morgan fingerprint density at radius 2 is 1.55 bits per heavy atom. The summed E-state index contributed by atoms with van der Waals surface area (Å²) in [6.07, 6.45) is 1.53. The molecule has 0 aliphatic heterocycles. The van der Waals surface area contributed by atoms with Crippen LogP contribution < -0.4 is 19.6 Å². The van der Waals surface area contributed by atoms with Gasteiger partial charge in [0.25, 0.3) is 5.91 Å². The lowest BCUT2D eigenvalue weighted by Crippen LogP contribution is -2.17. The lowest BCUT2D eigenvalue weighted by Gasteiger charge is -2.07. The minimum absolute atomic E-state index is 0.299. The van der Waals surface area contributed by atoms with Gasteiger partial charge in [-0.2, -0.15) is 5.10 Å². The van der Waals surface area contributed by atoms with Crippen LogP contribution in [0.4, 0.5) is 0 Å². The van der Waals surface area contributed by atoms with Crippen LogP contribution in [-0.2, 0) is 6.61 Å². The van der Waals surface area contributed by atoms with Crippen molar-refractivity contribution in [3.63, 3.8) is 0 Å². The highest BCUT2D eigenvalue weighted by Crippen LogP contribution is 2.21. The zero-order valence-electron chi connectivity index (χ0n) is 16.3. The topological polar surface area (TPSA) is 69.2 Å². The Morgan fingerprint density at radius 1 is 0.897 bits per heavy atom. The Hall–Kier alpha value is -3.80. The third-order valence-corrected chi connectivity index (χ3v) is 4.12. The van der Waals surface area contributed by atoms with Crippen molar-refractivity contribution >= 4 is 12.1 Å². The van der Waals surface area contributed by atoms with E-state index in [0.29, 0.717) is 23.7 Å². The second-order valence-corrected chi connectivity index (χ2v) is 6.14. The number of methoxy groups -OCH3 is 2. The van der Waals surface area contributed by atoms with Gasteiger partial charge in [0.15, 0.2) is 0 Å². The predicted octanol–water partition coefficient (Wildman–Crippen LogP) is 4.05. The molecule has 0 heterocycles. The molecule has 3 rings (SSSR count). The first kappa shape index (κ1) is 19.9. The summed E-state index contributed by atoms with van der Waals surface area (Å²) in [4.78, 5) is 12.3. The van der Waals surface area contributed by atoms with Gasteiger partial charge in [-0.3, -0.25) is 4.79 Å². The number of nitrogens with zero attached hydrogens (tertiary/aromatic N) is 1. The lowest BCUT2D eigenvalue weighted by atomic mass is 10.1. The summed E-state index contributed by atoms with van der Waals surface area (Å²) in [5, 5.41) is 4.01. The predicted molar refractivity (Wildman–Crippen MR) is 112 cm³/mol. The fraction of sp³-hybridized carbons (Fsp3) is 0.130. The molecule has 0 aromatic heterocycles. The van der Waals surface area contributed by atoms with Crippen LogP contribution in [0.1, 0.15) is 21.5 Å². The summed E-state index contributed by atoms with van der Waals surface area (Å²) >= 11 is 0. The number of benzene rings is 3. The molecule has 6 heteroatoms. The van der Waals surface area contributed by atoms with E-state index >= 15 is 0 Å². The molecular weight excluding hydrogens is 368 g/mol. The standard InChI is InChI=1S/C23H22N2O4/c1-27-21-12-18(13-22(14-21)28-2)15-24-25-23(26)19-10-8-17(9-11-19)16-29-20-6-4-3-5-7-20/h3-15H,16H2,1-2H3,(H,25,26)/b24-15-. The van der Waals surface area contributed by atoms with Crippen molar-refractivity contribution in [3.8, 4) is 17.2 Å². The van der Waals surface area contributed by atoms with Gasteiger partial charge in [0.1, 0.15) is 23.9 Å². The van der Waals surface area contributed by atoms with Crippen molar-refractivity contribution in [2.45, 2.75) is 6.61 Å². The fourth-order valence-electron chi connectivity index (χ4n) is 2.57. The molecule has 0 fully saturated rings. The second-order valence-electron chi connectivity index (χ2n) is 6.14. The minimum Gasteiger partial charge on any atom is -0.497 e. The molecule has 0 aliphatic rings. The zero-order valence-corrected chi connectivity index (χ0v) is 16.3. The van der Waals surface area contributed by atoms with E-state index in [-0.39, 0.29) is 5.91 Å². The van der Waals surface area contributed by atoms with E-state index in [1.807, 2.05) is 42.5 Å². The average molecular weight is 390 g/mol. The number of para-hydroxylation sites is 1. The Labute approximate surface area is 169 Å². The molecule has 0 radical (unpaired) electrons. The molecule has 0 unspecified atom stereocenters. The molecule has 0 saturated carbocycles. The lowest BCUT2D eigenvalue weighted by molar-refractivity contribution is 0.0955. The maximum absolute atomic E-state index is 12.3. The number of rotatable bonds is 8. The molecule has 0 spiro atoms. The molecule has 1 amide bonds. The van der Waals surface area contributed by atoms with Crippen LogP contribution in [0, 0.1) is 0 Å². The van der Waals surface area contributed by atoms with Gasteiger partial charge >= 0.3 is 0 Å². The summed E-state index contributed by atoms with van der Waals surface area (Å²) in [7, 11) is 3.15. The number of ether oxygens (including phenoxy) is 3. The van der Waals surface area contributed by atoms with Crippen LogP contribution in [0.15, 0.2) is 77.9 Å². The monoisotopic (exact) mass is 390 g/mol. The van der Waals surface area contributed by atoms with Gasteiger partial charge in [0, 0.05) is 17.2 Å². The molecule has 3 aromatic rings. The van der Waals surface area contributed by atoms with E-state index in [1.54, 1.807) is 44.6 Å². The molecular formula is C23H22N2O4. The number of hydrogen-bond acceptors (Lipinski definition) is 5. The number of nitrogens with one attached hydrogen (secondary N) is 1. The summed E-state index contributed by atoms with van der Waals surface area (Å²) < 4.78 is 16.1. The van der Waals surface area contributed by atoms with Crippen molar-refractivity contribution in [1.29, 1.82) is 0 Å². The number of hydrazone groups is 1. The van der Waals surface area contributed by atoms with E-state index in [2.05, 4.69) is 10.5 Å². The van der Waals surface area contributed by atoms with Crippen molar-refractivity contribution in [2.24, 2.45) is 5.10 Å². The van der Waals surface area contributed by atoms with E-state index < -0.39 is 0 Å². The molecule has 1 N–H and O–H groups in total. The van der Waals surface area contributed by atoms with Crippen LogP contribution in [0.3, 0.4) is 0 Å². The number of hydrogen-bond donors (Lipinski definition) is 1. The third-order valence-electron chi connectivity index (χ3n) is 4.12. The van der Waals surface area contributed by atoms with Gasteiger partial charge in [0.05, 0.1) is 20.4 Å². The molecule has 0 bridgehead atoms. The Kier molecular flexibility index (Phi) is 6.84. The second kappa shape index (κ2) is 9.94. The first-order chi connectivity index (χ1) is 14.2. The summed E-state index contributed by atoms with van der Waals surface area (Å²) in [6, 6.07) is 22.1. The Morgan fingerprint density at radius 3 is 2.17 bits per heavy atom. The van der Waals surface area contributed by atoms with Gasteiger partial charge in [-0.1, -0.05) is 30.3 Å². The van der Waals surface area contributed by atoms with Gasteiger partial charge in [-0.25, -0.2) is 5.43 Å². The van der Waals surface area contributed by atoms with Crippen LogP contribution in [0.2, 0.25) is 0 Å². The molecule has 6 nitrogen and oxygen atoms in total. The van der Waals surface area contributed by atoms with E-state index in [1.165, 1.54) is 6.21 Å². The van der Waals surface area contributed by atoms with Crippen molar-refractivity contribution in [1.82, 2.24) is 5.43 Å². The first-order valence-corrected chi connectivity index (χ1v) is 9.01. The van der Waals surface area contributed by atoms with Crippen molar-refractivity contribution < 1.29 is 19.0 Å². The maximum Gasteiger partial charge on any atom is 0.271 e. The van der Waals surface area contributed by atoms with Crippen LogP contribution in [0.25, 0.3) is 0 Å². The smallest absolute Gasteiger partial charge is 0.271 e. The molecule has 0 aliphatic carbocycles. The van der Waals surface area contributed by atoms with Crippen LogP contribution in [0.5, 0.6) is 17.2 Å². The van der Waals surface area contributed by atoms with Crippen molar-refractivity contribution in [3.05, 3.63) is 89.5 Å². The zero-order chi connectivity index (χ0) is 20.5. The number of amides is 1. The number of carbonyl (C=O) groups excluding carboxylic acids is 1. The van der Waals surface area contributed by atoms with Gasteiger partial charge in [-0.05, 0) is 42.0 Å². The highest BCUT2D eigenvalue weighted by atomic mass is 16.5. The van der Waals surface area contributed by atoms with E-state index in [4.69, 9.17) is 14.2 Å². The molecule has 29 heavy (non-hydrogen) atoms. The summed E-state index contributed by atoms with van der Waals surface area (Å²) in [5.74, 6) is 1.79. The quantitative estimate of drug-likeness (QED) is 0.465. The molecule has 148 valence electrons. The Bertz CT molecular complexity index is 948.